The van der Waals surface area contributed by atoms with Gasteiger partial charge in [0.15, 0.2) is 16.7 Å². The number of benzene rings is 3. The van der Waals surface area contributed by atoms with E-state index in [0.717, 1.165) is 22.6 Å². The number of aryl methyl sites for hydroxylation is 1. The average molecular weight is 417 g/mol. The van der Waals surface area contributed by atoms with E-state index in [9.17, 15) is 4.79 Å². The molecule has 0 bridgehead atoms. The highest BCUT2D eigenvalue weighted by Crippen LogP contribution is 2.33. The number of rotatable bonds is 5. The van der Waals surface area contributed by atoms with Gasteiger partial charge in [0.1, 0.15) is 0 Å². The normalized spacial score (nSPS) is 12.4. The van der Waals surface area contributed by atoms with E-state index in [-0.39, 0.29) is 12.4 Å². The van der Waals surface area contributed by atoms with Gasteiger partial charge < -0.3 is 9.47 Å². The van der Waals surface area contributed by atoms with Gasteiger partial charge in [-0.25, -0.2) is 4.98 Å². The minimum Gasteiger partial charge on any atom is -0.454 e. The van der Waals surface area contributed by atoms with Crippen molar-refractivity contribution in [2.75, 3.05) is 6.79 Å². The highest BCUT2D eigenvalue weighted by Gasteiger charge is 2.16. The van der Waals surface area contributed by atoms with Crippen molar-refractivity contribution >= 4 is 22.7 Å². The molecule has 0 amide bonds. The van der Waals surface area contributed by atoms with E-state index < -0.39 is 0 Å². The molecular formula is C24H20N2O3S. The van der Waals surface area contributed by atoms with Gasteiger partial charge in [-0.3, -0.25) is 9.36 Å². The van der Waals surface area contributed by atoms with Crippen LogP contribution in [0.3, 0.4) is 0 Å². The van der Waals surface area contributed by atoms with Crippen LogP contribution in [0.2, 0.25) is 0 Å². The predicted molar refractivity (Wildman–Crippen MR) is 118 cm³/mol. The van der Waals surface area contributed by atoms with E-state index >= 15 is 0 Å². The zero-order valence-corrected chi connectivity index (χ0v) is 17.3. The van der Waals surface area contributed by atoms with Crippen LogP contribution in [0.25, 0.3) is 10.9 Å². The van der Waals surface area contributed by atoms with Gasteiger partial charge in [0.25, 0.3) is 5.56 Å². The molecule has 0 spiro atoms. The second-order valence-corrected chi connectivity index (χ2v) is 8.21. The second kappa shape index (κ2) is 7.88. The molecule has 0 unspecified atom stereocenters. The number of hydrogen-bond acceptors (Lipinski definition) is 5. The average Bonchev–Trinajstić information content (AvgIpc) is 3.23. The monoisotopic (exact) mass is 416 g/mol. The van der Waals surface area contributed by atoms with Gasteiger partial charge in [-0.05, 0) is 42.3 Å². The molecule has 0 N–H and O–H groups in total. The minimum absolute atomic E-state index is 0.0373. The maximum Gasteiger partial charge on any atom is 0.262 e. The molecule has 1 aliphatic rings. The number of hydrogen-bond donors (Lipinski definition) is 0. The summed E-state index contributed by atoms with van der Waals surface area (Å²) in [5, 5.41) is 1.33. The third-order valence-electron chi connectivity index (χ3n) is 5.09. The summed E-state index contributed by atoms with van der Waals surface area (Å²) in [6.45, 7) is 2.72. The molecule has 0 radical (unpaired) electrons. The van der Waals surface area contributed by atoms with Gasteiger partial charge >= 0.3 is 0 Å². The molecule has 5 nitrogen and oxygen atoms in total. The Hall–Kier alpha value is -3.25. The highest BCUT2D eigenvalue weighted by atomic mass is 32.2. The largest absolute Gasteiger partial charge is 0.454 e. The van der Waals surface area contributed by atoms with Crippen LogP contribution < -0.4 is 15.0 Å². The predicted octanol–water partition coefficient (Wildman–Crippen LogP) is 4.77. The van der Waals surface area contributed by atoms with Crippen LogP contribution in [0.5, 0.6) is 11.5 Å². The Morgan fingerprint density at radius 2 is 1.73 bits per heavy atom. The lowest BCUT2D eigenvalue weighted by atomic mass is 10.2. The standard InChI is InChI=1S/C24H20N2O3S/c1-16-6-8-17(9-7-16)14-30-24-25-20-5-3-2-4-19(20)23(27)26(24)13-18-10-11-21-22(12-18)29-15-28-21/h2-12H,13-15H2,1H3. The van der Waals surface area contributed by atoms with Crippen LogP contribution in [0, 0.1) is 6.92 Å². The van der Waals surface area contributed by atoms with Gasteiger partial charge in [0.2, 0.25) is 6.79 Å². The Labute approximate surface area is 178 Å². The van der Waals surface area contributed by atoms with Crippen molar-refractivity contribution in [3.8, 4) is 11.5 Å². The Kier molecular flexibility index (Phi) is 4.93. The van der Waals surface area contributed by atoms with Gasteiger partial charge in [-0.2, -0.15) is 0 Å². The van der Waals surface area contributed by atoms with Crippen LogP contribution in [0.15, 0.2) is 76.7 Å². The summed E-state index contributed by atoms with van der Waals surface area (Å²) >= 11 is 1.58. The lowest BCUT2D eigenvalue weighted by Crippen LogP contribution is -2.24. The fourth-order valence-corrected chi connectivity index (χ4v) is 4.41. The Morgan fingerprint density at radius 1 is 0.967 bits per heavy atom. The van der Waals surface area contributed by atoms with Crippen molar-refractivity contribution in [1.29, 1.82) is 0 Å². The van der Waals surface area contributed by atoms with Crippen LogP contribution in [-0.2, 0) is 12.3 Å². The van der Waals surface area contributed by atoms with Gasteiger partial charge in [0, 0.05) is 5.75 Å². The topological polar surface area (TPSA) is 53.4 Å². The van der Waals surface area contributed by atoms with Gasteiger partial charge in [0.05, 0.1) is 17.4 Å². The molecule has 1 aromatic heterocycles. The molecule has 5 rings (SSSR count). The second-order valence-electron chi connectivity index (χ2n) is 7.26. The van der Waals surface area contributed by atoms with E-state index in [1.807, 2.05) is 42.5 Å². The summed E-state index contributed by atoms with van der Waals surface area (Å²) < 4.78 is 12.6. The first-order valence-corrected chi connectivity index (χ1v) is 10.7. The molecule has 0 saturated heterocycles. The van der Waals surface area contributed by atoms with E-state index in [4.69, 9.17) is 14.5 Å². The molecule has 3 aromatic carbocycles. The number of nitrogens with zero attached hydrogens (tertiary/aromatic N) is 2. The lowest BCUT2D eigenvalue weighted by molar-refractivity contribution is 0.174. The summed E-state index contributed by atoms with van der Waals surface area (Å²) in [6, 6.07) is 21.7. The zero-order valence-electron chi connectivity index (χ0n) is 16.5. The van der Waals surface area contributed by atoms with Crippen LogP contribution in [0.4, 0.5) is 0 Å². The van der Waals surface area contributed by atoms with E-state index in [0.29, 0.717) is 22.8 Å². The summed E-state index contributed by atoms with van der Waals surface area (Å²) in [5.41, 5.74) is 4.08. The maximum absolute atomic E-state index is 13.3. The number of thioether (sulfide) groups is 1. The fourth-order valence-electron chi connectivity index (χ4n) is 3.45. The molecule has 2 heterocycles. The number of ether oxygens (including phenoxy) is 2. The van der Waals surface area contributed by atoms with E-state index in [1.54, 1.807) is 16.3 Å². The molecule has 0 aliphatic carbocycles. The Balaban J connectivity index is 1.52. The summed E-state index contributed by atoms with van der Waals surface area (Å²) in [6.07, 6.45) is 0. The molecule has 6 heteroatoms. The van der Waals surface area contributed by atoms with Gasteiger partial charge in [-0.15, -0.1) is 0 Å². The van der Waals surface area contributed by atoms with E-state index in [1.165, 1.54) is 11.1 Å². The highest BCUT2D eigenvalue weighted by molar-refractivity contribution is 7.98. The first-order valence-electron chi connectivity index (χ1n) is 9.74. The maximum atomic E-state index is 13.3. The molecular weight excluding hydrogens is 396 g/mol. The summed E-state index contributed by atoms with van der Waals surface area (Å²) in [5.74, 6) is 2.19. The molecule has 0 atom stereocenters. The smallest absolute Gasteiger partial charge is 0.262 e. The zero-order chi connectivity index (χ0) is 20.5. The van der Waals surface area contributed by atoms with Crippen molar-refractivity contribution < 1.29 is 9.47 Å². The SMILES string of the molecule is Cc1ccc(CSc2nc3ccccc3c(=O)n2Cc2ccc3c(c2)OCO3)cc1. The minimum atomic E-state index is -0.0373. The number of para-hydroxylation sites is 1. The third-order valence-corrected chi connectivity index (χ3v) is 6.14. The Morgan fingerprint density at radius 3 is 2.60 bits per heavy atom. The van der Waals surface area contributed by atoms with E-state index in [2.05, 4.69) is 31.2 Å². The molecule has 30 heavy (non-hydrogen) atoms. The van der Waals surface area contributed by atoms with Crippen molar-refractivity contribution in [3.05, 3.63) is 93.8 Å². The van der Waals surface area contributed by atoms with Crippen LogP contribution >= 0.6 is 11.8 Å². The van der Waals surface area contributed by atoms with Crippen molar-refractivity contribution in [3.63, 3.8) is 0 Å². The van der Waals surface area contributed by atoms with Crippen molar-refractivity contribution in [2.24, 2.45) is 0 Å². The first kappa shape index (κ1) is 18.8. The number of fused-ring (bicyclic) bond motifs is 2. The quantitative estimate of drug-likeness (QED) is 0.346. The molecule has 0 fully saturated rings. The fraction of sp³-hybridized carbons (Fsp3) is 0.167. The lowest BCUT2D eigenvalue weighted by Gasteiger charge is -2.14. The van der Waals surface area contributed by atoms with Crippen molar-refractivity contribution in [2.45, 2.75) is 24.4 Å². The molecule has 4 aromatic rings. The third kappa shape index (κ3) is 3.66. The van der Waals surface area contributed by atoms with Crippen LogP contribution in [-0.4, -0.2) is 16.3 Å². The molecule has 1 aliphatic heterocycles. The Bertz CT molecular complexity index is 1280. The molecule has 0 saturated carbocycles. The summed E-state index contributed by atoms with van der Waals surface area (Å²) in [7, 11) is 0. The van der Waals surface area contributed by atoms with Crippen LogP contribution in [0.1, 0.15) is 16.7 Å². The first-order chi connectivity index (χ1) is 14.7. The molecule has 150 valence electrons. The summed E-state index contributed by atoms with van der Waals surface area (Å²) in [4.78, 5) is 18.1. The van der Waals surface area contributed by atoms with Crippen molar-refractivity contribution in [1.82, 2.24) is 9.55 Å². The van der Waals surface area contributed by atoms with Gasteiger partial charge in [-0.1, -0.05) is 59.8 Å². The number of aromatic nitrogens is 2.